The van der Waals surface area contributed by atoms with Crippen LogP contribution in [0, 0.1) is 0 Å². The molecule has 0 spiro atoms. The molecule has 0 aliphatic heterocycles. The van der Waals surface area contributed by atoms with E-state index in [4.69, 9.17) is 5.11 Å². The monoisotopic (exact) mass is 107 g/mol. The molecule has 0 aliphatic rings. The van der Waals surface area contributed by atoms with E-state index >= 15 is 0 Å². The number of hydrogen-bond acceptors (Lipinski definition) is 1. The molecule has 0 radical (unpaired) electrons. The fourth-order valence-corrected chi connectivity index (χ4v) is 0.321. The molecule has 1 aromatic rings. The summed E-state index contributed by atoms with van der Waals surface area (Å²) in [5.74, 6) is 0.218. The molecule has 34 valence electrons. The molecule has 1 aromatic heterocycles. The van der Waals surface area contributed by atoms with Crippen molar-refractivity contribution in [1.82, 2.24) is 4.98 Å². The van der Waals surface area contributed by atoms with Gasteiger partial charge in [0.15, 0.2) is 5.88 Å². The van der Waals surface area contributed by atoms with Crippen LogP contribution in [0.4, 0.5) is 0 Å². The van der Waals surface area contributed by atoms with Crippen molar-refractivity contribution in [3.8, 4) is 5.88 Å². The summed E-state index contributed by atoms with van der Waals surface area (Å²) in [5.41, 5.74) is 0. The zero-order chi connectivity index (χ0) is 4.41. The van der Waals surface area contributed by atoms with Crippen molar-refractivity contribution in [2.24, 2.45) is 0 Å². The van der Waals surface area contributed by atoms with Crippen LogP contribution in [0.25, 0.3) is 0 Å². The molecule has 7 heavy (non-hydrogen) atoms. The third kappa shape index (κ3) is 2.02. The molecule has 0 fully saturated rings. The van der Waals surface area contributed by atoms with Crippen molar-refractivity contribution in [1.29, 1.82) is 0 Å². The first-order valence-electron chi connectivity index (χ1n) is 1.72. The molecule has 0 amide bonds. The number of H-pyrrole nitrogens is 1. The summed E-state index contributed by atoms with van der Waals surface area (Å²) in [6.45, 7) is 0. The molecule has 1 heterocycles. The fourth-order valence-electron chi connectivity index (χ4n) is 0.321. The van der Waals surface area contributed by atoms with E-state index in [9.17, 15) is 0 Å². The fraction of sp³-hybridized carbons (Fsp3) is 0. The predicted molar refractivity (Wildman–Crippen MR) is 29.6 cm³/mol. The van der Waals surface area contributed by atoms with Crippen LogP contribution in [0.1, 0.15) is 0 Å². The van der Waals surface area contributed by atoms with Crippen LogP contribution in [0.3, 0.4) is 0 Å². The number of aromatic nitrogens is 1. The Morgan fingerprint density at radius 1 is 1.57 bits per heavy atom. The molecule has 0 bridgehead atoms. The second-order valence-electron chi connectivity index (χ2n) is 1.06. The van der Waals surface area contributed by atoms with Gasteiger partial charge < -0.3 is 10.1 Å². The van der Waals surface area contributed by atoms with Gasteiger partial charge in [0, 0.05) is 6.20 Å². The molecule has 1 rings (SSSR count). The van der Waals surface area contributed by atoms with Crippen molar-refractivity contribution in [3.63, 3.8) is 0 Å². The van der Waals surface area contributed by atoms with Gasteiger partial charge in [-0.25, -0.2) is 0 Å². The minimum atomic E-state index is 0. The average molecular weight is 107 g/mol. The molecule has 0 saturated heterocycles. The van der Waals surface area contributed by atoms with Gasteiger partial charge in [0.2, 0.25) is 0 Å². The molecule has 0 atom stereocenters. The zero-order valence-corrected chi connectivity index (χ0v) is 3.18. The standard InChI is InChI=1S/C4H5NO.Na.H/c6-4-2-1-3-5-4;;/h1-3,5-6H;;. The number of nitrogens with one attached hydrogen (secondary N) is 1. The van der Waals surface area contributed by atoms with Gasteiger partial charge in [-0.05, 0) is 12.1 Å². The number of aromatic amines is 1. The van der Waals surface area contributed by atoms with Crippen LogP contribution >= 0.6 is 0 Å². The van der Waals surface area contributed by atoms with Gasteiger partial charge in [-0.3, -0.25) is 0 Å². The Kier molecular flexibility index (Phi) is 3.17. The first kappa shape index (κ1) is 7.08. The van der Waals surface area contributed by atoms with Crippen LogP contribution in [-0.4, -0.2) is 39.6 Å². The maximum atomic E-state index is 8.42. The summed E-state index contributed by atoms with van der Waals surface area (Å²) in [7, 11) is 0. The molecule has 2 N–H and O–H groups in total. The van der Waals surface area contributed by atoms with Gasteiger partial charge in [-0.2, -0.15) is 0 Å². The van der Waals surface area contributed by atoms with Crippen LogP contribution in [0.15, 0.2) is 18.3 Å². The molecule has 0 aromatic carbocycles. The van der Waals surface area contributed by atoms with Gasteiger partial charge in [0.05, 0.1) is 0 Å². The van der Waals surface area contributed by atoms with Crippen molar-refractivity contribution >= 4 is 29.6 Å². The summed E-state index contributed by atoms with van der Waals surface area (Å²) >= 11 is 0. The van der Waals surface area contributed by atoms with E-state index in [1.807, 2.05) is 0 Å². The van der Waals surface area contributed by atoms with E-state index < -0.39 is 0 Å². The Bertz CT molecular complexity index is 115. The van der Waals surface area contributed by atoms with Gasteiger partial charge in [0.1, 0.15) is 0 Å². The second-order valence-corrected chi connectivity index (χ2v) is 1.06. The number of aromatic hydroxyl groups is 1. The van der Waals surface area contributed by atoms with E-state index in [0.717, 1.165) is 0 Å². The Morgan fingerprint density at radius 2 is 2.29 bits per heavy atom. The van der Waals surface area contributed by atoms with E-state index in [2.05, 4.69) is 4.98 Å². The first-order chi connectivity index (χ1) is 2.89. The SMILES string of the molecule is Oc1ccc[nH]1.[NaH]. The van der Waals surface area contributed by atoms with Gasteiger partial charge in [0.25, 0.3) is 0 Å². The van der Waals surface area contributed by atoms with Gasteiger partial charge >= 0.3 is 29.6 Å². The summed E-state index contributed by atoms with van der Waals surface area (Å²) in [5, 5.41) is 8.42. The molecule has 0 aliphatic carbocycles. The summed E-state index contributed by atoms with van der Waals surface area (Å²) in [6, 6.07) is 3.31. The Morgan fingerprint density at radius 3 is 2.43 bits per heavy atom. The van der Waals surface area contributed by atoms with Crippen LogP contribution in [0.5, 0.6) is 5.88 Å². The van der Waals surface area contributed by atoms with E-state index in [1.165, 1.54) is 0 Å². The Labute approximate surface area is 63.8 Å². The number of rotatable bonds is 0. The second kappa shape index (κ2) is 3.13. The zero-order valence-electron chi connectivity index (χ0n) is 3.18. The molecule has 0 saturated carbocycles. The van der Waals surface area contributed by atoms with Crippen LogP contribution in [-0.2, 0) is 0 Å². The quantitative estimate of drug-likeness (QED) is 0.452. The normalized spacial score (nSPS) is 7.43. The molecule has 3 heteroatoms. The van der Waals surface area contributed by atoms with Crippen molar-refractivity contribution in [2.75, 3.05) is 0 Å². The molecule has 0 unspecified atom stereocenters. The Balaban J connectivity index is 0.000000360. The average Bonchev–Trinajstić information content (AvgIpc) is 1.86. The predicted octanol–water partition coefficient (Wildman–Crippen LogP) is 0.0718. The maximum absolute atomic E-state index is 8.42. The summed E-state index contributed by atoms with van der Waals surface area (Å²) in [6.07, 6.45) is 1.66. The van der Waals surface area contributed by atoms with Crippen LogP contribution in [0.2, 0.25) is 0 Å². The van der Waals surface area contributed by atoms with Crippen molar-refractivity contribution in [2.45, 2.75) is 0 Å². The molecular formula is C4H6NNaO. The van der Waals surface area contributed by atoms with E-state index in [0.29, 0.717) is 0 Å². The third-order valence-corrected chi connectivity index (χ3v) is 0.582. The number of hydrogen-bond donors (Lipinski definition) is 2. The van der Waals surface area contributed by atoms with Gasteiger partial charge in [-0.15, -0.1) is 0 Å². The third-order valence-electron chi connectivity index (χ3n) is 0.582. The van der Waals surface area contributed by atoms with Crippen molar-refractivity contribution in [3.05, 3.63) is 18.3 Å². The van der Waals surface area contributed by atoms with Crippen LogP contribution < -0.4 is 0 Å². The van der Waals surface area contributed by atoms with Gasteiger partial charge in [-0.1, -0.05) is 0 Å². The Hall–Kier alpha value is 0.0800. The summed E-state index contributed by atoms with van der Waals surface area (Å²) < 4.78 is 0. The molecular weight excluding hydrogens is 101 g/mol. The summed E-state index contributed by atoms with van der Waals surface area (Å²) in [4.78, 5) is 2.56. The van der Waals surface area contributed by atoms with E-state index in [-0.39, 0.29) is 35.4 Å². The molecule has 2 nitrogen and oxygen atoms in total. The van der Waals surface area contributed by atoms with Crippen molar-refractivity contribution < 1.29 is 5.11 Å². The van der Waals surface area contributed by atoms with E-state index in [1.54, 1.807) is 18.3 Å². The topological polar surface area (TPSA) is 36.0 Å². The first-order valence-corrected chi connectivity index (χ1v) is 1.72. The minimum absolute atomic E-state index is 0.